The van der Waals surface area contributed by atoms with Crippen LogP contribution in [0.2, 0.25) is 0 Å². The van der Waals surface area contributed by atoms with Gasteiger partial charge in [-0.3, -0.25) is 4.79 Å². The molecule has 0 bridgehead atoms. The molecule has 1 fully saturated rings. The molecule has 0 aromatic carbocycles. The third kappa shape index (κ3) is 5.02. The van der Waals surface area contributed by atoms with Crippen molar-refractivity contribution in [2.75, 3.05) is 6.54 Å². The van der Waals surface area contributed by atoms with E-state index >= 15 is 0 Å². The molecule has 2 amide bonds. The number of carboxylic acids is 1. The maximum atomic E-state index is 11.9. The summed E-state index contributed by atoms with van der Waals surface area (Å²) in [5.41, 5.74) is -0.148. The Kier molecular flexibility index (Phi) is 6.30. The molecule has 0 aromatic heterocycles. The van der Waals surface area contributed by atoms with Gasteiger partial charge in [0.25, 0.3) is 0 Å². The van der Waals surface area contributed by atoms with Crippen molar-refractivity contribution in [3.05, 3.63) is 0 Å². The standard InChI is InChI=1S/C15H28N2O3/c1-4-15(3,5-2)17-14(20)16-10-11-6-8-12(9-7-11)13(18)19/h11-12H,4-10H2,1-3H3,(H,18,19)(H2,16,17,20). The van der Waals surface area contributed by atoms with Gasteiger partial charge in [-0.2, -0.15) is 0 Å². The molecule has 0 unspecified atom stereocenters. The topological polar surface area (TPSA) is 78.4 Å². The fraction of sp³-hybridized carbons (Fsp3) is 0.867. The zero-order chi connectivity index (χ0) is 15.2. The van der Waals surface area contributed by atoms with Gasteiger partial charge < -0.3 is 15.7 Å². The van der Waals surface area contributed by atoms with E-state index in [9.17, 15) is 9.59 Å². The molecular formula is C15H28N2O3. The van der Waals surface area contributed by atoms with E-state index < -0.39 is 5.97 Å². The first-order chi connectivity index (χ1) is 9.40. The number of rotatable bonds is 6. The van der Waals surface area contributed by atoms with E-state index in [1.54, 1.807) is 0 Å². The molecule has 5 heteroatoms. The number of amides is 2. The quantitative estimate of drug-likeness (QED) is 0.701. The molecule has 5 nitrogen and oxygen atoms in total. The maximum Gasteiger partial charge on any atom is 0.315 e. The normalized spacial score (nSPS) is 23.1. The first kappa shape index (κ1) is 16.8. The van der Waals surface area contributed by atoms with Crippen LogP contribution in [0.5, 0.6) is 0 Å². The number of urea groups is 1. The minimum Gasteiger partial charge on any atom is -0.481 e. The molecule has 1 aliphatic carbocycles. The van der Waals surface area contributed by atoms with Crippen molar-refractivity contribution in [2.24, 2.45) is 11.8 Å². The highest BCUT2D eigenvalue weighted by atomic mass is 16.4. The first-order valence-corrected chi connectivity index (χ1v) is 7.69. The maximum absolute atomic E-state index is 11.9. The fourth-order valence-corrected chi connectivity index (χ4v) is 2.60. The molecule has 0 aromatic rings. The van der Waals surface area contributed by atoms with Crippen molar-refractivity contribution >= 4 is 12.0 Å². The Hall–Kier alpha value is -1.26. The van der Waals surface area contributed by atoms with Gasteiger partial charge in [0.1, 0.15) is 0 Å². The summed E-state index contributed by atoms with van der Waals surface area (Å²) in [6.07, 6.45) is 5.03. The van der Waals surface area contributed by atoms with Crippen LogP contribution in [0.25, 0.3) is 0 Å². The van der Waals surface area contributed by atoms with Gasteiger partial charge in [0.05, 0.1) is 5.92 Å². The van der Waals surface area contributed by atoms with Crippen LogP contribution < -0.4 is 10.6 Å². The zero-order valence-electron chi connectivity index (χ0n) is 12.9. The smallest absolute Gasteiger partial charge is 0.315 e. The van der Waals surface area contributed by atoms with Gasteiger partial charge in [-0.25, -0.2) is 4.79 Å². The molecule has 0 atom stereocenters. The average molecular weight is 284 g/mol. The number of carbonyl (C=O) groups is 2. The Morgan fingerprint density at radius 2 is 1.70 bits per heavy atom. The molecule has 0 saturated heterocycles. The fourth-order valence-electron chi connectivity index (χ4n) is 2.60. The number of carbonyl (C=O) groups excluding carboxylic acids is 1. The molecule has 0 heterocycles. The predicted octanol–water partition coefficient (Wildman–Crippen LogP) is 2.76. The lowest BCUT2D eigenvalue weighted by atomic mass is 9.82. The summed E-state index contributed by atoms with van der Waals surface area (Å²) in [6, 6.07) is -0.114. The highest BCUT2D eigenvalue weighted by molar-refractivity contribution is 5.74. The lowest BCUT2D eigenvalue weighted by molar-refractivity contribution is -0.143. The van der Waals surface area contributed by atoms with Crippen LogP contribution in [0.15, 0.2) is 0 Å². The van der Waals surface area contributed by atoms with Crippen LogP contribution in [0.3, 0.4) is 0 Å². The second-order valence-electron chi connectivity index (χ2n) is 6.16. The van der Waals surface area contributed by atoms with E-state index in [1.807, 2.05) is 6.92 Å². The van der Waals surface area contributed by atoms with Gasteiger partial charge in [-0.15, -0.1) is 0 Å². The summed E-state index contributed by atoms with van der Waals surface area (Å²) in [5, 5.41) is 14.9. The third-order valence-electron chi connectivity index (χ3n) is 4.72. The molecule has 1 rings (SSSR count). The van der Waals surface area contributed by atoms with Gasteiger partial charge in [0.15, 0.2) is 0 Å². The highest BCUT2D eigenvalue weighted by Gasteiger charge is 2.27. The highest BCUT2D eigenvalue weighted by Crippen LogP contribution is 2.28. The number of nitrogens with one attached hydrogen (secondary N) is 2. The molecule has 0 spiro atoms. The van der Waals surface area contributed by atoms with Gasteiger partial charge in [0.2, 0.25) is 0 Å². The van der Waals surface area contributed by atoms with Crippen LogP contribution in [0.1, 0.15) is 59.3 Å². The van der Waals surface area contributed by atoms with E-state index in [0.29, 0.717) is 12.5 Å². The number of aliphatic carboxylic acids is 1. The van der Waals surface area contributed by atoms with E-state index in [2.05, 4.69) is 24.5 Å². The molecule has 0 aliphatic heterocycles. The van der Waals surface area contributed by atoms with E-state index in [-0.39, 0.29) is 17.5 Å². The molecule has 3 N–H and O–H groups in total. The SMILES string of the molecule is CCC(C)(CC)NC(=O)NCC1CCC(C(=O)O)CC1. The second kappa shape index (κ2) is 7.50. The molecule has 0 radical (unpaired) electrons. The Morgan fingerprint density at radius 1 is 1.15 bits per heavy atom. The number of hydrogen-bond donors (Lipinski definition) is 3. The summed E-state index contributed by atoms with van der Waals surface area (Å²) in [6.45, 7) is 6.82. The lowest BCUT2D eigenvalue weighted by Crippen LogP contribution is -2.50. The van der Waals surface area contributed by atoms with E-state index in [4.69, 9.17) is 5.11 Å². The molecule has 20 heavy (non-hydrogen) atoms. The second-order valence-corrected chi connectivity index (χ2v) is 6.16. The summed E-state index contributed by atoms with van der Waals surface area (Å²) in [4.78, 5) is 22.7. The van der Waals surface area contributed by atoms with Crippen molar-refractivity contribution in [1.29, 1.82) is 0 Å². The Balaban J connectivity index is 2.27. The average Bonchev–Trinajstić information content (AvgIpc) is 2.45. The molecular weight excluding hydrogens is 256 g/mol. The summed E-state index contributed by atoms with van der Waals surface area (Å²) >= 11 is 0. The van der Waals surface area contributed by atoms with Crippen LogP contribution in [0, 0.1) is 11.8 Å². The minimum atomic E-state index is -0.684. The molecule has 1 aliphatic rings. The monoisotopic (exact) mass is 284 g/mol. The van der Waals surface area contributed by atoms with Gasteiger partial charge in [0, 0.05) is 12.1 Å². The number of carboxylic acid groups (broad SMARTS) is 1. The minimum absolute atomic E-state index is 0.114. The Morgan fingerprint density at radius 3 is 2.15 bits per heavy atom. The van der Waals surface area contributed by atoms with Crippen molar-refractivity contribution in [1.82, 2.24) is 10.6 Å². The van der Waals surface area contributed by atoms with E-state index in [1.165, 1.54) is 0 Å². The number of hydrogen-bond acceptors (Lipinski definition) is 2. The Bertz CT molecular complexity index is 332. The third-order valence-corrected chi connectivity index (χ3v) is 4.72. The van der Waals surface area contributed by atoms with Gasteiger partial charge in [-0.05, 0) is 51.4 Å². The summed E-state index contributed by atoms with van der Waals surface area (Å²) < 4.78 is 0. The van der Waals surface area contributed by atoms with E-state index in [0.717, 1.165) is 38.5 Å². The summed E-state index contributed by atoms with van der Waals surface area (Å²) in [5.74, 6) is -0.467. The Labute approximate surface area is 121 Å². The van der Waals surface area contributed by atoms with Gasteiger partial charge in [-0.1, -0.05) is 13.8 Å². The van der Waals surface area contributed by atoms with Crippen LogP contribution >= 0.6 is 0 Å². The summed E-state index contributed by atoms with van der Waals surface area (Å²) in [7, 11) is 0. The molecule has 1 saturated carbocycles. The van der Waals surface area contributed by atoms with Crippen molar-refractivity contribution in [3.63, 3.8) is 0 Å². The zero-order valence-corrected chi connectivity index (χ0v) is 12.9. The van der Waals surface area contributed by atoms with Crippen LogP contribution in [0.4, 0.5) is 4.79 Å². The van der Waals surface area contributed by atoms with Crippen molar-refractivity contribution < 1.29 is 14.7 Å². The van der Waals surface area contributed by atoms with Crippen molar-refractivity contribution in [2.45, 2.75) is 64.8 Å². The van der Waals surface area contributed by atoms with Crippen LogP contribution in [-0.4, -0.2) is 29.2 Å². The van der Waals surface area contributed by atoms with Crippen molar-refractivity contribution in [3.8, 4) is 0 Å². The first-order valence-electron chi connectivity index (χ1n) is 7.69. The van der Waals surface area contributed by atoms with Crippen LogP contribution in [-0.2, 0) is 4.79 Å². The largest absolute Gasteiger partial charge is 0.481 e. The predicted molar refractivity (Wildman–Crippen MR) is 78.6 cm³/mol. The van der Waals surface area contributed by atoms with Gasteiger partial charge >= 0.3 is 12.0 Å². The molecule has 116 valence electrons. The lowest BCUT2D eigenvalue weighted by Gasteiger charge is -2.30.